The van der Waals surface area contributed by atoms with Crippen LogP contribution in [0.5, 0.6) is 11.5 Å². The average molecular weight is 435 g/mol. The van der Waals surface area contributed by atoms with E-state index in [4.69, 9.17) is 20.2 Å². The third kappa shape index (κ3) is 5.38. The van der Waals surface area contributed by atoms with Crippen LogP contribution >= 0.6 is 0 Å². The lowest BCUT2D eigenvalue weighted by Gasteiger charge is -2.26. The number of nitrogen functional groups attached to an aromatic ring is 1. The van der Waals surface area contributed by atoms with Gasteiger partial charge < -0.3 is 25.4 Å². The molecule has 8 nitrogen and oxygen atoms in total. The second kappa shape index (κ2) is 10.2. The fourth-order valence-corrected chi connectivity index (χ4v) is 3.96. The SMILES string of the molecule is COc1ccc(CN(c2cccc(OC)c2)c2nc(N)nc(NC3CCCCC3)n2)cc1. The molecule has 2 aromatic carbocycles. The van der Waals surface area contributed by atoms with Crippen LogP contribution in [-0.4, -0.2) is 35.2 Å². The van der Waals surface area contributed by atoms with Crippen LogP contribution in [0.2, 0.25) is 0 Å². The lowest BCUT2D eigenvalue weighted by molar-refractivity contribution is 0.414. The molecule has 1 saturated carbocycles. The molecule has 0 saturated heterocycles. The van der Waals surface area contributed by atoms with E-state index < -0.39 is 0 Å². The number of hydrogen-bond acceptors (Lipinski definition) is 8. The van der Waals surface area contributed by atoms with Crippen molar-refractivity contribution in [3.63, 3.8) is 0 Å². The summed E-state index contributed by atoms with van der Waals surface area (Å²) in [4.78, 5) is 15.6. The molecule has 1 heterocycles. The van der Waals surface area contributed by atoms with Gasteiger partial charge in [0.05, 0.1) is 20.8 Å². The predicted molar refractivity (Wildman–Crippen MR) is 127 cm³/mol. The number of nitrogens with two attached hydrogens (primary N) is 1. The molecule has 0 bridgehead atoms. The van der Waals surface area contributed by atoms with Gasteiger partial charge in [0.25, 0.3) is 0 Å². The number of methoxy groups -OCH3 is 2. The van der Waals surface area contributed by atoms with Crippen LogP contribution in [0.3, 0.4) is 0 Å². The highest BCUT2D eigenvalue weighted by Crippen LogP contribution is 2.30. The molecule has 0 spiro atoms. The van der Waals surface area contributed by atoms with Crippen molar-refractivity contribution >= 4 is 23.5 Å². The van der Waals surface area contributed by atoms with Crippen LogP contribution in [-0.2, 0) is 6.54 Å². The van der Waals surface area contributed by atoms with Gasteiger partial charge in [0.2, 0.25) is 17.8 Å². The van der Waals surface area contributed by atoms with Gasteiger partial charge in [-0.2, -0.15) is 15.0 Å². The van der Waals surface area contributed by atoms with E-state index >= 15 is 0 Å². The highest BCUT2D eigenvalue weighted by molar-refractivity contribution is 5.61. The van der Waals surface area contributed by atoms with Crippen LogP contribution in [0.1, 0.15) is 37.7 Å². The molecule has 168 valence electrons. The number of benzene rings is 2. The minimum atomic E-state index is 0.191. The number of ether oxygens (including phenoxy) is 2. The maximum atomic E-state index is 6.10. The molecule has 3 aromatic rings. The fraction of sp³-hybridized carbons (Fsp3) is 0.375. The van der Waals surface area contributed by atoms with E-state index in [1.165, 1.54) is 19.3 Å². The zero-order valence-electron chi connectivity index (χ0n) is 18.6. The monoisotopic (exact) mass is 434 g/mol. The molecule has 0 aliphatic heterocycles. The van der Waals surface area contributed by atoms with Crippen LogP contribution in [0, 0.1) is 0 Å². The van der Waals surface area contributed by atoms with Gasteiger partial charge in [-0.3, -0.25) is 0 Å². The molecular weight excluding hydrogens is 404 g/mol. The highest BCUT2D eigenvalue weighted by atomic mass is 16.5. The summed E-state index contributed by atoms with van der Waals surface area (Å²) in [5.74, 6) is 2.76. The van der Waals surface area contributed by atoms with E-state index in [1.54, 1.807) is 14.2 Å². The highest BCUT2D eigenvalue weighted by Gasteiger charge is 2.19. The predicted octanol–water partition coefficient (Wildman–Crippen LogP) is 4.55. The second-order valence-electron chi connectivity index (χ2n) is 7.93. The summed E-state index contributed by atoms with van der Waals surface area (Å²) >= 11 is 0. The number of hydrogen-bond donors (Lipinski definition) is 2. The maximum absolute atomic E-state index is 6.10. The van der Waals surface area contributed by atoms with Crippen LogP contribution < -0.4 is 25.4 Å². The minimum absolute atomic E-state index is 0.191. The topological polar surface area (TPSA) is 98.4 Å². The van der Waals surface area contributed by atoms with Crippen molar-refractivity contribution < 1.29 is 9.47 Å². The van der Waals surface area contributed by atoms with Gasteiger partial charge in [-0.1, -0.05) is 37.5 Å². The number of anilines is 4. The Hall–Kier alpha value is -3.55. The first kappa shape index (κ1) is 21.7. The molecule has 4 rings (SSSR count). The number of nitrogens with one attached hydrogen (secondary N) is 1. The number of rotatable bonds is 8. The summed E-state index contributed by atoms with van der Waals surface area (Å²) in [5, 5.41) is 3.46. The summed E-state index contributed by atoms with van der Waals surface area (Å²) in [6.07, 6.45) is 5.96. The van der Waals surface area contributed by atoms with Crippen molar-refractivity contribution in [1.29, 1.82) is 0 Å². The largest absolute Gasteiger partial charge is 0.497 e. The zero-order valence-corrected chi connectivity index (χ0v) is 18.6. The molecule has 0 atom stereocenters. The quantitative estimate of drug-likeness (QED) is 0.533. The normalized spacial score (nSPS) is 14.1. The van der Waals surface area contributed by atoms with E-state index in [0.29, 0.717) is 24.5 Å². The van der Waals surface area contributed by atoms with Gasteiger partial charge in [0.1, 0.15) is 11.5 Å². The van der Waals surface area contributed by atoms with Gasteiger partial charge >= 0.3 is 0 Å². The molecule has 3 N–H and O–H groups in total. The Morgan fingerprint density at radius 3 is 2.41 bits per heavy atom. The molecule has 0 unspecified atom stereocenters. The molecule has 1 aromatic heterocycles. The molecule has 0 radical (unpaired) electrons. The third-order valence-corrected chi connectivity index (χ3v) is 5.69. The van der Waals surface area contributed by atoms with Crippen molar-refractivity contribution in [2.75, 3.05) is 30.2 Å². The molecule has 1 aliphatic rings. The molecule has 32 heavy (non-hydrogen) atoms. The van der Waals surface area contributed by atoms with E-state index in [2.05, 4.69) is 15.3 Å². The first-order chi connectivity index (χ1) is 15.6. The molecule has 0 amide bonds. The van der Waals surface area contributed by atoms with Crippen molar-refractivity contribution in [1.82, 2.24) is 15.0 Å². The Labute approximate surface area is 188 Å². The molecule has 1 fully saturated rings. The van der Waals surface area contributed by atoms with Gasteiger partial charge in [-0.15, -0.1) is 0 Å². The first-order valence-corrected chi connectivity index (χ1v) is 11.0. The van der Waals surface area contributed by atoms with Gasteiger partial charge in [-0.05, 0) is 42.7 Å². The lowest BCUT2D eigenvalue weighted by atomic mass is 9.96. The third-order valence-electron chi connectivity index (χ3n) is 5.69. The summed E-state index contributed by atoms with van der Waals surface area (Å²) in [6, 6.07) is 16.1. The Balaban J connectivity index is 1.67. The van der Waals surface area contributed by atoms with Gasteiger partial charge in [-0.25, -0.2) is 0 Å². The molecule has 1 aliphatic carbocycles. The van der Waals surface area contributed by atoms with E-state index in [-0.39, 0.29) is 5.95 Å². The summed E-state index contributed by atoms with van der Waals surface area (Å²) in [5.41, 5.74) is 8.07. The second-order valence-corrected chi connectivity index (χ2v) is 7.93. The van der Waals surface area contributed by atoms with Gasteiger partial charge in [0, 0.05) is 17.8 Å². The average Bonchev–Trinajstić information content (AvgIpc) is 2.83. The van der Waals surface area contributed by atoms with Crippen molar-refractivity contribution in [2.45, 2.75) is 44.7 Å². The number of nitrogens with zero attached hydrogens (tertiary/aromatic N) is 4. The van der Waals surface area contributed by atoms with Crippen LogP contribution in [0.4, 0.5) is 23.5 Å². The van der Waals surface area contributed by atoms with Gasteiger partial charge in [0.15, 0.2) is 0 Å². The Kier molecular flexibility index (Phi) is 6.89. The molecule has 8 heteroatoms. The van der Waals surface area contributed by atoms with E-state index in [1.807, 2.05) is 53.4 Å². The summed E-state index contributed by atoms with van der Waals surface area (Å²) in [7, 11) is 3.31. The smallest absolute Gasteiger partial charge is 0.236 e. The Bertz CT molecular complexity index is 1020. The Morgan fingerprint density at radius 1 is 0.938 bits per heavy atom. The fourth-order valence-electron chi connectivity index (χ4n) is 3.96. The van der Waals surface area contributed by atoms with E-state index in [9.17, 15) is 0 Å². The number of aromatic nitrogens is 3. The van der Waals surface area contributed by atoms with Crippen LogP contribution in [0.15, 0.2) is 48.5 Å². The molecular formula is C24H30N6O2. The van der Waals surface area contributed by atoms with Crippen molar-refractivity contribution in [3.05, 3.63) is 54.1 Å². The van der Waals surface area contributed by atoms with Crippen molar-refractivity contribution in [2.24, 2.45) is 0 Å². The van der Waals surface area contributed by atoms with E-state index in [0.717, 1.165) is 35.6 Å². The standard InChI is InChI=1S/C24H30N6O2/c1-31-20-13-11-17(12-14-20)16-30(19-9-6-10-21(15-19)32-2)24-28-22(25)27-23(29-24)26-18-7-4-3-5-8-18/h6,9-15,18H,3-5,7-8,16H2,1-2H3,(H3,25,26,27,28,29). The summed E-state index contributed by atoms with van der Waals surface area (Å²) in [6.45, 7) is 0.545. The first-order valence-electron chi connectivity index (χ1n) is 11.0. The maximum Gasteiger partial charge on any atom is 0.236 e. The lowest BCUT2D eigenvalue weighted by Crippen LogP contribution is -2.25. The van der Waals surface area contributed by atoms with Crippen molar-refractivity contribution in [3.8, 4) is 11.5 Å². The van der Waals surface area contributed by atoms with Crippen LogP contribution in [0.25, 0.3) is 0 Å². The Morgan fingerprint density at radius 2 is 1.69 bits per heavy atom. The zero-order chi connectivity index (χ0) is 22.3. The summed E-state index contributed by atoms with van der Waals surface area (Å²) < 4.78 is 10.7. The minimum Gasteiger partial charge on any atom is -0.497 e.